The minimum atomic E-state index is -4.33. The normalized spacial score (nSPS) is 16.0. The quantitative estimate of drug-likeness (QED) is 0.665. The molecule has 0 spiro atoms. The van der Waals surface area contributed by atoms with E-state index in [1.54, 1.807) is 0 Å². The Balaban J connectivity index is 1.69. The van der Waals surface area contributed by atoms with Crippen molar-refractivity contribution in [2.45, 2.75) is 52.0 Å². The van der Waals surface area contributed by atoms with Gasteiger partial charge in [0.25, 0.3) is 0 Å². The number of carbonyl (C=O) groups is 1. The summed E-state index contributed by atoms with van der Waals surface area (Å²) in [6.45, 7) is 6.79. The van der Waals surface area contributed by atoms with Gasteiger partial charge in [-0.05, 0) is 30.0 Å². The Morgan fingerprint density at radius 3 is 2.50 bits per heavy atom. The molecule has 0 bridgehead atoms. The van der Waals surface area contributed by atoms with Crippen LogP contribution in [0.2, 0.25) is 0 Å². The van der Waals surface area contributed by atoms with E-state index in [1.165, 1.54) is 19.2 Å². The molecule has 1 atom stereocenters. The van der Waals surface area contributed by atoms with Gasteiger partial charge in [0.1, 0.15) is 12.4 Å². The number of carbonyl (C=O) groups excluding carboxylic acids is 1. The average Bonchev–Trinajstić information content (AvgIpc) is 3.01. The maximum atomic E-state index is 12.8. The molecule has 10 heteroatoms. The van der Waals surface area contributed by atoms with E-state index in [-0.39, 0.29) is 18.6 Å². The predicted molar refractivity (Wildman–Crippen MR) is 113 cm³/mol. The van der Waals surface area contributed by atoms with Crippen molar-refractivity contribution in [2.75, 3.05) is 26.8 Å². The first-order valence-electron chi connectivity index (χ1n) is 10.8. The van der Waals surface area contributed by atoms with Gasteiger partial charge in [-0.25, -0.2) is 0 Å². The van der Waals surface area contributed by atoms with E-state index >= 15 is 0 Å². The molecule has 176 valence electrons. The van der Waals surface area contributed by atoms with Crippen LogP contribution < -0.4 is 5.32 Å². The molecule has 32 heavy (non-hydrogen) atoms. The number of aromatic nitrogens is 3. The lowest BCUT2D eigenvalue weighted by atomic mass is 10.0. The van der Waals surface area contributed by atoms with Crippen LogP contribution in [0.4, 0.5) is 13.2 Å². The summed E-state index contributed by atoms with van der Waals surface area (Å²) in [5, 5.41) is 11.7. The standard InChI is InChI=1S/C22H30F3N5O2/c1-15(2)12-18(26-20(31)14-32-3)21-28-27-19-8-9-29(10-11-30(19)21)13-16-4-6-17(7-5-16)22(23,24)25/h4-7,15,18H,8-14H2,1-3H3,(H,26,31). The predicted octanol–water partition coefficient (Wildman–Crippen LogP) is 3.21. The van der Waals surface area contributed by atoms with E-state index in [0.717, 1.165) is 42.3 Å². The number of hydrogen-bond acceptors (Lipinski definition) is 5. The fourth-order valence-corrected chi connectivity index (χ4v) is 3.93. The Labute approximate surface area is 186 Å². The highest BCUT2D eigenvalue weighted by Crippen LogP contribution is 2.29. The number of nitrogens with zero attached hydrogens (tertiary/aromatic N) is 4. The van der Waals surface area contributed by atoms with Gasteiger partial charge in [-0.2, -0.15) is 13.2 Å². The molecule has 0 radical (unpaired) electrons. The maximum Gasteiger partial charge on any atom is 0.416 e. The first kappa shape index (κ1) is 24.2. The largest absolute Gasteiger partial charge is 0.416 e. The van der Waals surface area contributed by atoms with Crippen LogP contribution in [0.15, 0.2) is 24.3 Å². The number of alkyl halides is 3. The van der Waals surface area contributed by atoms with E-state index in [1.807, 2.05) is 0 Å². The molecule has 3 rings (SSSR count). The lowest BCUT2D eigenvalue weighted by Crippen LogP contribution is -2.34. The van der Waals surface area contributed by atoms with Gasteiger partial charge in [0.05, 0.1) is 11.6 Å². The molecule has 0 saturated heterocycles. The van der Waals surface area contributed by atoms with Crippen LogP contribution in [0.1, 0.15) is 49.1 Å². The second-order valence-electron chi connectivity index (χ2n) is 8.53. The lowest BCUT2D eigenvalue weighted by Gasteiger charge is -2.22. The minimum Gasteiger partial charge on any atom is -0.375 e. The molecule has 1 unspecified atom stereocenters. The third-order valence-electron chi connectivity index (χ3n) is 5.46. The molecule has 7 nitrogen and oxygen atoms in total. The van der Waals surface area contributed by atoms with Crippen LogP contribution in [0, 0.1) is 5.92 Å². The summed E-state index contributed by atoms with van der Waals surface area (Å²) < 4.78 is 45.4. The van der Waals surface area contributed by atoms with Crippen molar-refractivity contribution in [3.05, 3.63) is 47.0 Å². The second kappa shape index (κ2) is 10.4. The molecule has 1 aliphatic rings. The highest BCUT2D eigenvalue weighted by atomic mass is 19.4. The molecule has 0 fully saturated rings. The molecule has 1 aliphatic heterocycles. The molecule has 1 aromatic heterocycles. The van der Waals surface area contributed by atoms with Crippen molar-refractivity contribution >= 4 is 5.91 Å². The Kier molecular flexibility index (Phi) is 7.89. The summed E-state index contributed by atoms with van der Waals surface area (Å²) in [6.07, 6.45) is -2.93. The number of fused-ring (bicyclic) bond motifs is 1. The molecule has 1 aromatic carbocycles. The first-order valence-corrected chi connectivity index (χ1v) is 10.8. The van der Waals surface area contributed by atoms with E-state index in [2.05, 4.69) is 38.8 Å². The summed E-state index contributed by atoms with van der Waals surface area (Å²) >= 11 is 0. The SMILES string of the molecule is COCC(=O)NC(CC(C)C)c1nnc2n1CCN(Cc1ccc(C(F)(F)F)cc1)CC2. The smallest absolute Gasteiger partial charge is 0.375 e. The van der Waals surface area contributed by atoms with Gasteiger partial charge in [0, 0.05) is 39.7 Å². The number of rotatable bonds is 8. The molecular weight excluding hydrogens is 423 g/mol. The van der Waals surface area contributed by atoms with Crippen LogP contribution >= 0.6 is 0 Å². The molecule has 2 heterocycles. The van der Waals surface area contributed by atoms with Crippen molar-refractivity contribution in [3.63, 3.8) is 0 Å². The Morgan fingerprint density at radius 2 is 1.88 bits per heavy atom. The molecule has 2 aromatic rings. The number of ether oxygens (including phenoxy) is 1. The number of benzene rings is 1. The summed E-state index contributed by atoms with van der Waals surface area (Å²) in [6, 6.07) is 5.05. The zero-order valence-electron chi connectivity index (χ0n) is 18.7. The fourth-order valence-electron chi connectivity index (χ4n) is 3.93. The number of methoxy groups -OCH3 is 1. The van der Waals surface area contributed by atoms with Gasteiger partial charge < -0.3 is 14.6 Å². The number of nitrogens with one attached hydrogen (secondary N) is 1. The van der Waals surface area contributed by atoms with E-state index in [0.29, 0.717) is 32.0 Å². The van der Waals surface area contributed by atoms with E-state index in [4.69, 9.17) is 4.74 Å². The monoisotopic (exact) mass is 453 g/mol. The third kappa shape index (κ3) is 6.29. The highest BCUT2D eigenvalue weighted by molar-refractivity contribution is 5.77. The molecule has 1 N–H and O–H groups in total. The highest BCUT2D eigenvalue weighted by Gasteiger charge is 2.30. The van der Waals surface area contributed by atoms with Gasteiger partial charge in [-0.15, -0.1) is 10.2 Å². The topological polar surface area (TPSA) is 72.3 Å². The van der Waals surface area contributed by atoms with Crippen LogP contribution in [0.25, 0.3) is 0 Å². The van der Waals surface area contributed by atoms with Crippen LogP contribution in [-0.4, -0.2) is 52.4 Å². The van der Waals surface area contributed by atoms with Crippen LogP contribution in [0.5, 0.6) is 0 Å². The Hall–Kier alpha value is -2.46. The summed E-state index contributed by atoms with van der Waals surface area (Å²) in [5.74, 6) is 1.73. The average molecular weight is 454 g/mol. The zero-order valence-corrected chi connectivity index (χ0v) is 18.7. The van der Waals surface area contributed by atoms with Crippen molar-refractivity contribution in [3.8, 4) is 0 Å². The van der Waals surface area contributed by atoms with Gasteiger partial charge in [0.15, 0.2) is 5.82 Å². The molecule has 1 amide bonds. The molecule has 0 saturated carbocycles. The van der Waals surface area contributed by atoms with Crippen LogP contribution in [0.3, 0.4) is 0 Å². The van der Waals surface area contributed by atoms with E-state index in [9.17, 15) is 18.0 Å². The van der Waals surface area contributed by atoms with Gasteiger partial charge in [-0.3, -0.25) is 9.69 Å². The summed E-state index contributed by atoms with van der Waals surface area (Å²) in [5.41, 5.74) is 0.195. The Morgan fingerprint density at radius 1 is 1.16 bits per heavy atom. The first-order chi connectivity index (χ1) is 15.2. The van der Waals surface area contributed by atoms with Gasteiger partial charge in [-0.1, -0.05) is 26.0 Å². The number of halogens is 3. The molecule has 0 aliphatic carbocycles. The summed E-state index contributed by atoms with van der Waals surface area (Å²) in [4.78, 5) is 14.3. The maximum absolute atomic E-state index is 12.8. The summed E-state index contributed by atoms with van der Waals surface area (Å²) in [7, 11) is 1.48. The number of hydrogen-bond donors (Lipinski definition) is 1. The van der Waals surface area contributed by atoms with Crippen molar-refractivity contribution in [1.29, 1.82) is 0 Å². The van der Waals surface area contributed by atoms with Gasteiger partial charge >= 0.3 is 6.18 Å². The van der Waals surface area contributed by atoms with E-state index < -0.39 is 11.7 Å². The van der Waals surface area contributed by atoms with Crippen molar-refractivity contribution in [2.24, 2.45) is 5.92 Å². The Bertz CT molecular complexity index is 896. The second-order valence-corrected chi connectivity index (χ2v) is 8.53. The molecular formula is C22H30F3N5O2. The van der Waals surface area contributed by atoms with Crippen molar-refractivity contribution < 1.29 is 22.7 Å². The van der Waals surface area contributed by atoms with Gasteiger partial charge in [0.2, 0.25) is 5.91 Å². The lowest BCUT2D eigenvalue weighted by molar-refractivity contribution is -0.137. The third-order valence-corrected chi connectivity index (χ3v) is 5.46. The minimum absolute atomic E-state index is 0.0174. The zero-order chi connectivity index (χ0) is 23.3. The van der Waals surface area contributed by atoms with Crippen molar-refractivity contribution in [1.82, 2.24) is 25.0 Å². The number of amides is 1. The fraction of sp³-hybridized carbons (Fsp3) is 0.591. The van der Waals surface area contributed by atoms with Crippen LogP contribution in [-0.2, 0) is 35.2 Å².